The molecule has 0 saturated carbocycles. The second-order valence-corrected chi connectivity index (χ2v) is 6.89. The summed E-state index contributed by atoms with van der Waals surface area (Å²) in [5.41, 5.74) is -0.0843. The van der Waals surface area contributed by atoms with Crippen molar-refractivity contribution < 1.29 is 17.2 Å². The summed E-state index contributed by atoms with van der Waals surface area (Å²) in [6.45, 7) is 1.09. The number of aromatic nitrogens is 4. The van der Waals surface area contributed by atoms with Crippen LogP contribution >= 0.6 is 0 Å². The van der Waals surface area contributed by atoms with E-state index in [1.807, 2.05) is 0 Å². The molecule has 3 aromatic rings. The van der Waals surface area contributed by atoms with Crippen molar-refractivity contribution in [1.29, 1.82) is 0 Å². The van der Waals surface area contributed by atoms with E-state index in [1.54, 1.807) is 17.1 Å². The summed E-state index contributed by atoms with van der Waals surface area (Å²) in [5.74, 6) is -1.72. The van der Waals surface area contributed by atoms with Gasteiger partial charge in [-0.25, -0.2) is 22.2 Å². The maximum Gasteiger partial charge on any atom is 0.263 e. The monoisotopic (exact) mass is 380 g/mol. The molecule has 26 heavy (non-hydrogen) atoms. The van der Waals surface area contributed by atoms with Crippen LogP contribution in [-0.4, -0.2) is 34.9 Å². The van der Waals surface area contributed by atoms with Crippen LogP contribution in [0.3, 0.4) is 0 Å². The molecule has 0 aliphatic heterocycles. The Hall–Kier alpha value is -3.08. The molecule has 136 valence electrons. The number of anilines is 2. The van der Waals surface area contributed by atoms with E-state index in [2.05, 4.69) is 25.3 Å². The molecule has 2 aromatic heterocycles. The van der Waals surface area contributed by atoms with Gasteiger partial charge in [-0.3, -0.25) is 9.40 Å². The summed E-state index contributed by atoms with van der Waals surface area (Å²) in [4.78, 5) is 3.92. The van der Waals surface area contributed by atoms with Gasteiger partial charge >= 0.3 is 0 Å². The van der Waals surface area contributed by atoms with E-state index in [0.29, 0.717) is 18.9 Å². The first kappa shape index (κ1) is 17.7. The predicted octanol–water partition coefficient (Wildman–Crippen LogP) is 1.86. The number of nitrogens with one attached hydrogen (secondary N) is 2. The van der Waals surface area contributed by atoms with E-state index in [0.717, 1.165) is 18.2 Å². The van der Waals surface area contributed by atoms with E-state index < -0.39 is 21.7 Å². The number of sulfonamides is 1. The maximum atomic E-state index is 13.2. The van der Waals surface area contributed by atoms with E-state index in [4.69, 9.17) is 0 Å². The Morgan fingerprint density at radius 1 is 1.12 bits per heavy atom. The molecule has 0 saturated heterocycles. The zero-order valence-corrected chi connectivity index (χ0v) is 14.1. The third kappa shape index (κ3) is 4.30. The molecule has 0 spiro atoms. The number of pyridine rings is 1. The minimum atomic E-state index is -3.97. The molecule has 0 amide bonds. The van der Waals surface area contributed by atoms with Crippen LogP contribution < -0.4 is 10.0 Å². The molecule has 0 aliphatic rings. The third-order valence-corrected chi connectivity index (χ3v) is 4.70. The Balaban J connectivity index is 1.63. The fourth-order valence-electron chi connectivity index (χ4n) is 2.07. The summed E-state index contributed by atoms with van der Waals surface area (Å²) in [6, 6.07) is 5.59. The second kappa shape index (κ2) is 7.44. The van der Waals surface area contributed by atoms with E-state index in [1.165, 1.54) is 18.3 Å². The first-order valence-electron chi connectivity index (χ1n) is 7.46. The van der Waals surface area contributed by atoms with Crippen molar-refractivity contribution >= 4 is 21.5 Å². The standard InChI is InChI=1S/C15H14F2N6O2S/c16-13-3-1-11(9-14(13)17)21-26(24,25)12-2-4-15(19-10-12)18-5-7-23-8-6-20-22-23/h1-4,6,8-10,21H,5,7H2,(H,18,19). The normalized spacial score (nSPS) is 11.3. The van der Waals surface area contributed by atoms with Crippen molar-refractivity contribution in [2.24, 2.45) is 0 Å². The largest absolute Gasteiger partial charge is 0.368 e. The molecule has 8 nitrogen and oxygen atoms in total. The van der Waals surface area contributed by atoms with Gasteiger partial charge in [0.1, 0.15) is 10.7 Å². The lowest BCUT2D eigenvalue weighted by molar-refractivity contribution is 0.509. The van der Waals surface area contributed by atoms with Crippen molar-refractivity contribution in [1.82, 2.24) is 20.0 Å². The van der Waals surface area contributed by atoms with Gasteiger partial charge < -0.3 is 5.32 Å². The summed E-state index contributed by atoms with van der Waals surface area (Å²) in [6.07, 6.45) is 4.45. The molecule has 1 aromatic carbocycles. The summed E-state index contributed by atoms with van der Waals surface area (Å²) >= 11 is 0. The van der Waals surface area contributed by atoms with Crippen molar-refractivity contribution in [3.63, 3.8) is 0 Å². The number of benzene rings is 1. The smallest absolute Gasteiger partial charge is 0.263 e. The molecule has 0 aliphatic carbocycles. The maximum absolute atomic E-state index is 13.2. The predicted molar refractivity (Wildman–Crippen MR) is 89.9 cm³/mol. The molecule has 11 heteroatoms. The van der Waals surface area contributed by atoms with Crippen LogP contribution in [0.4, 0.5) is 20.3 Å². The Kier molecular flexibility index (Phi) is 5.07. The average molecular weight is 380 g/mol. The zero-order valence-electron chi connectivity index (χ0n) is 13.3. The van der Waals surface area contributed by atoms with Gasteiger partial charge in [-0.1, -0.05) is 5.21 Å². The van der Waals surface area contributed by atoms with Crippen LogP contribution in [0.15, 0.2) is 53.8 Å². The SMILES string of the molecule is O=S(=O)(Nc1ccc(F)c(F)c1)c1ccc(NCCn2ccnn2)nc1. The Morgan fingerprint density at radius 3 is 2.62 bits per heavy atom. The van der Waals surface area contributed by atoms with Crippen molar-refractivity contribution in [2.75, 3.05) is 16.6 Å². The highest BCUT2D eigenvalue weighted by Gasteiger charge is 2.15. The lowest BCUT2D eigenvalue weighted by Gasteiger charge is -2.09. The van der Waals surface area contributed by atoms with Crippen LogP contribution in [0, 0.1) is 11.6 Å². The van der Waals surface area contributed by atoms with Gasteiger partial charge in [0.15, 0.2) is 11.6 Å². The van der Waals surface area contributed by atoms with Gasteiger partial charge in [0, 0.05) is 25.0 Å². The molecule has 2 N–H and O–H groups in total. The van der Waals surface area contributed by atoms with Gasteiger partial charge in [0.05, 0.1) is 18.4 Å². The number of halogens is 2. The van der Waals surface area contributed by atoms with E-state index in [9.17, 15) is 17.2 Å². The van der Waals surface area contributed by atoms with Gasteiger partial charge in [-0.05, 0) is 24.3 Å². The molecule has 0 unspecified atom stereocenters. The Bertz CT molecular complexity index is 978. The van der Waals surface area contributed by atoms with E-state index in [-0.39, 0.29) is 10.6 Å². The first-order chi connectivity index (χ1) is 12.4. The molecule has 0 bridgehead atoms. The lowest BCUT2D eigenvalue weighted by Crippen LogP contribution is -2.14. The fourth-order valence-corrected chi connectivity index (χ4v) is 3.06. The van der Waals surface area contributed by atoms with Gasteiger partial charge in [0.25, 0.3) is 10.0 Å². The lowest BCUT2D eigenvalue weighted by atomic mass is 10.3. The second-order valence-electron chi connectivity index (χ2n) is 5.21. The van der Waals surface area contributed by atoms with Crippen molar-refractivity contribution in [2.45, 2.75) is 11.4 Å². The Labute approximate surface area is 147 Å². The number of hydrogen-bond acceptors (Lipinski definition) is 6. The minimum Gasteiger partial charge on any atom is -0.368 e. The van der Waals surface area contributed by atoms with Crippen LogP contribution in [-0.2, 0) is 16.6 Å². The summed E-state index contributed by atoms with van der Waals surface area (Å²) < 4.78 is 54.5. The van der Waals surface area contributed by atoms with Gasteiger partial charge in [0.2, 0.25) is 0 Å². The Morgan fingerprint density at radius 2 is 1.96 bits per heavy atom. The zero-order chi connectivity index (χ0) is 18.6. The highest BCUT2D eigenvalue weighted by Crippen LogP contribution is 2.18. The fraction of sp³-hybridized carbons (Fsp3) is 0.133. The molecule has 0 radical (unpaired) electrons. The first-order valence-corrected chi connectivity index (χ1v) is 8.94. The minimum absolute atomic E-state index is 0.0843. The van der Waals surface area contributed by atoms with Crippen LogP contribution in [0.1, 0.15) is 0 Å². The molecular formula is C15H14F2N6O2S. The van der Waals surface area contributed by atoms with Crippen molar-refractivity contribution in [3.8, 4) is 0 Å². The highest BCUT2D eigenvalue weighted by molar-refractivity contribution is 7.92. The van der Waals surface area contributed by atoms with Gasteiger partial charge in [-0.2, -0.15) is 0 Å². The van der Waals surface area contributed by atoms with Crippen LogP contribution in [0.5, 0.6) is 0 Å². The van der Waals surface area contributed by atoms with Crippen LogP contribution in [0.25, 0.3) is 0 Å². The molecule has 2 heterocycles. The molecular weight excluding hydrogens is 366 g/mol. The quantitative estimate of drug-likeness (QED) is 0.649. The average Bonchev–Trinajstić information content (AvgIpc) is 3.12. The third-order valence-electron chi connectivity index (χ3n) is 3.34. The van der Waals surface area contributed by atoms with Crippen molar-refractivity contribution in [3.05, 3.63) is 60.6 Å². The molecule has 0 atom stereocenters. The molecule has 3 rings (SSSR count). The number of rotatable bonds is 7. The molecule has 0 fully saturated rings. The topological polar surface area (TPSA) is 102 Å². The summed E-state index contributed by atoms with van der Waals surface area (Å²) in [5, 5.41) is 10.5. The van der Waals surface area contributed by atoms with E-state index >= 15 is 0 Å². The number of nitrogens with zero attached hydrogens (tertiary/aromatic N) is 4. The van der Waals surface area contributed by atoms with Crippen LogP contribution in [0.2, 0.25) is 0 Å². The highest BCUT2D eigenvalue weighted by atomic mass is 32.2. The number of hydrogen-bond donors (Lipinski definition) is 2. The summed E-state index contributed by atoms with van der Waals surface area (Å²) in [7, 11) is -3.97. The van der Waals surface area contributed by atoms with Gasteiger partial charge in [-0.15, -0.1) is 5.10 Å².